The molecule has 386 valence electrons. The molecule has 1 rings (SSSR count). The highest BCUT2D eigenvalue weighted by molar-refractivity contribution is 7.85. The normalized spacial score (nSPS) is 19.6. The smallest absolute Gasteiger partial charge is 0.306 e. The van der Waals surface area contributed by atoms with Gasteiger partial charge in [0.25, 0.3) is 10.1 Å². The van der Waals surface area contributed by atoms with Crippen LogP contribution in [0.2, 0.25) is 0 Å². The fourth-order valence-corrected chi connectivity index (χ4v) is 8.74. The van der Waals surface area contributed by atoms with Crippen molar-refractivity contribution in [3.8, 4) is 0 Å². The van der Waals surface area contributed by atoms with Gasteiger partial charge in [0.1, 0.15) is 36.8 Å². The highest BCUT2D eigenvalue weighted by Crippen LogP contribution is 2.24. The number of carbonyl (C=O) groups is 2. The Morgan fingerprint density at radius 2 is 0.894 bits per heavy atom. The maximum atomic E-state index is 12.9. The second-order valence-corrected chi connectivity index (χ2v) is 20.0. The van der Waals surface area contributed by atoms with Crippen molar-refractivity contribution in [2.75, 3.05) is 19.0 Å². The number of esters is 2. The van der Waals surface area contributed by atoms with E-state index in [1.807, 2.05) is 0 Å². The van der Waals surface area contributed by atoms with Crippen LogP contribution in [0, 0.1) is 0 Å². The van der Waals surface area contributed by atoms with Crippen LogP contribution in [0.3, 0.4) is 0 Å². The average molecular weight is 957 g/mol. The quantitative estimate of drug-likeness (QED) is 0.0196. The van der Waals surface area contributed by atoms with Crippen LogP contribution in [0.25, 0.3) is 0 Å². The van der Waals surface area contributed by atoms with Crippen LogP contribution in [0.4, 0.5) is 0 Å². The molecule has 0 amide bonds. The summed E-state index contributed by atoms with van der Waals surface area (Å²) in [4.78, 5) is 25.5. The standard InChI is InChI=1S/C53H96O12S/c1-3-5-7-9-11-13-15-17-19-20-21-22-23-24-25-26-28-30-32-34-36-38-40-42-49(55)64-46(44-63-53-52(58)51(57)50(56)47(65-53)45-66(59,60)61)43-62-48(54)41-39-37-35-33-31-29-27-18-16-14-12-10-8-6-4-2/h18,26-28,34,36,46-47,50-53,56-58H,3-17,19-25,29-33,35,37-45H2,1-2H3,(H,59,60,61)/b27-18+,28-26+,36-34+/t46-,47-,50-,51?,52?,53+/m1/s1. The van der Waals surface area contributed by atoms with E-state index in [9.17, 15) is 37.9 Å². The molecule has 66 heavy (non-hydrogen) atoms. The Kier molecular flexibility index (Phi) is 40.3. The van der Waals surface area contributed by atoms with Gasteiger partial charge in [-0.3, -0.25) is 14.1 Å². The molecule has 0 aromatic heterocycles. The Morgan fingerprint density at radius 1 is 0.500 bits per heavy atom. The van der Waals surface area contributed by atoms with Crippen molar-refractivity contribution in [2.45, 2.75) is 269 Å². The molecule has 1 heterocycles. The number of hydrogen-bond donors (Lipinski definition) is 4. The number of carbonyl (C=O) groups excluding carboxylic acids is 2. The van der Waals surface area contributed by atoms with E-state index in [4.69, 9.17) is 18.9 Å². The molecule has 1 aliphatic heterocycles. The average Bonchev–Trinajstić information content (AvgIpc) is 3.28. The molecule has 0 saturated carbocycles. The summed E-state index contributed by atoms with van der Waals surface area (Å²) in [6.45, 7) is 3.75. The Labute approximate surface area is 401 Å². The first-order chi connectivity index (χ1) is 32.0. The van der Waals surface area contributed by atoms with Crippen LogP contribution < -0.4 is 0 Å². The number of allylic oxidation sites excluding steroid dienone is 6. The molecule has 1 fully saturated rings. The maximum absolute atomic E-state index is 12.9. The molecule has 13 heteroatoms. The van der Waals surface area contributed by atoms with Gasteiger partial charge in [-0.25, -0.2) is 0 Å². The molecular weight excluding hydrogens is 861 g/mol. The molecule has 1 aliphatic rings. The number of aliphatic hydroxyl groups excluding tert-OH is 3. The number of unbranched alkanes of at least 4 members (excludes halogenated alkanes) is 27. The first-order valence-electron chi connectivity index (χ1n) is 26.5. The number of aliphatic hydroxyl groups is 3. The third-order valence-corrected chi connectivity index (χ3v) is 12.9. The molecule has 0 aromatic rings. The Morgan fingerprint density at radius 3 is 1.35 bits per heavy atom. The van der Waals surface area contributed by atoms with Crippen molar-refractivity contribution < 1.29 is 56.8 Å². The molecule has 6 atom stereocenters. The minimum absolute atomic E-state index is 0.104. The monoisotopic (exact) mass is 957 g/mol. The zero-order chi connectivity index (χ0) is 48.4. The summed E-state index contributed by atoms with van der Waals surface area (Å²) in [6, 6.07) is 0. The predicted molar refractivity (Wildman–Crippen MR) is 266 cm³/mol. The second-order valence-electron chi connectivity index (χ2n) is 18.5. The van der Waals surface area contributed by atoms with Crippen molar-refractivity contribution in [2.24, 2.45) is 0 Å². The molecule has 0 radical (unpaired) electrons. The lowest BCUT2D eigenvalue weighted by Crippen LogP contribution is -2.60. The Hall–Kier alpha value is -2.13. The third kappa shape index (κ3) is 36.9. The Bertz CT molecular complexity index is 1350. The van der Waals surface area contributed by atoms with Gasteiger partial charge in [0.2, 0.25) is 0 Å². The van der Waals surface area contributed by atoms with E-state index >= 15 is 0 Å². The summed E-state index contributed by atoms with van der Waals surface area (Å²) in [7, 11) is -4.61. The van der Waals surface area contributed by atoms with Crippen LogP contribution in [0.1, 0.15) is 232 Å². The van der Waals surface area contributed by atoms with Gasteiger partial charge in [0, 0.05) is 12.8 Å². The van der Waals surface area contributed by atoms with Gasteiger partial charge in [0.05, 0.1) is 6.61 Å². The van der Waals surface area contributed by atoms with Crippen LogP contribution in [0.5, 0.6) is 0 Å². The lowest BCUT2D eigenvalue weighted by Gasteiger charge is -2.40. The van der Waals surface area contributed by atoms with Gasteiger partial charge in [-0.05, 0) is 70.6 Å². The SMILES string of the molecule is CCCCCCCC/C=C/CCCCCCCC(=O)OC[C@H](CO[C@H]1O[C@H](CS(=O)(=O)O)[C@@H](O)C(O)C1O)OC(=O)CCC/C=C/CC/C=C/CCCCCCCCCCCCCCCC. The van der Waals surface area contributed by atoms with Crippen LogP contribution in [-0.2, 0) is 38.7 Å². The highest BCUT2D eigenvalue weighted by atomic mass is 32.2. The van der Waals surface area contributed by atoms with E-state index in [2.05, 4.69) is 50.3 Å². The molecule has 0 spiro atoms. The van der Waals surface area contributed by atoms with Gasteiger partial charge in [0.15, 0.2) is 12.4 Å². The minimum Gasteiger partial charge on any atom is -0.462 e. The van der Waals surface area contributed by atoms with Crippen LogP contribution in [0.15, 0.2) is 36.5 Å². The first-order valence-corrected chi connectivity index (χ1v) is 28.2. The van der Waals surface area contributed by atoms with E-state index in [1.165, 1.54) is 128 Å². The fraction of sp³-hybridized carbons (Fsp3) is 0.849. The topological polar surface area (TPSA) is 186 Å². The lowest BCUT2D eigenvalue weighted by atomic mass is 10.00. The lowest BCUT2D eigenvalue weighted by molar-refractivity contribution is -0.297. The highest BCUT2D eigenvalue weighted by Gasteiger charge is 2.46. The molecule has 1 saturated heterocycles. The number of hydrogen-bond acceptors (Lipinski definition) is 11. The number of rotatable bonds is 45. The molecule has 0 aliphatic carbocycles. The summed E-state index contributed by atoms with van der Waals surface area (Å²) in [5.74, 6) is -2.04. The second kappa shape index (κ2) is 42.9. The van der Waals surface area contributed by atoms with E-state index in [1.54, 1.807) is 0 Å². The molecule has 0 aromatic carbocycles. The van der Waals surface area contributed by atoms with Gasteiger partial charge >= 0.3 is 11.9 Å². The van der Waals surface area contributed by atoms with E-state index in [0.717, 1.165) is 57.8 Å². The number of ether oxygens (including phenoxy) is 4. The maximum Gasteiger partial charge on any atom is 0.306 e. The summed E-state index contributed by atoms with van der Waals surface area (Å²) >= 11 is 0. The van der Waals surface area contributed by atoms with E-state index in [0.29, 0.717) is 19.3 Å². The van der Waals surface area contributed by atoms with Gasteiger partial charge < -0.3 is 34.3 Å². The molecule has 4 N–H and O–H groups in total. The van der Waals surface area contributed by atoms with Crippen molar-refractivity contribution in [1.82, 2.24) is 0 Å². The summed E-state index contributed by atoms with van der Waals surface area (Å²) in [5, 5.41) is 31.0. The molecule has 12 nitrogen and oxygen atoms in total. The first kappa shape index (κ1) is 61.9. The van der Waals surface area contributed by atoms with Crippen molar-refractivity contribution >= 4 is 22.1 Å². The van der Waals surface area contributed by atoms with Crippen molar-refractivity contribution in [3.05, 3.63) is 36.5 Å². The summed E-state index contributed by atoms with van der Waals surface area (Å²) < 4.78 is 54.2. The summed E-state index contributed by atoms with van der Waals surface area (Å²) in [5.41, 5.74) is 0. The van der Waals surface area contributed by atoms with Crippen molar-refractivity contribution in [1.29, 1.82) is 0 Å². The largest absolute Gasteiger partial charge is 0.462 e. The summed E-state index contributed by atoms with van der Waals surface area (Å²) in [6.07, 6.45) is 42.0. The molecular formula is C53H96O12S. The van der Waals surface area contributed by atoms with Gasteiger partial charge in [-0.2, -0.15) is 8.42 Å². The fourth-order valence-electron chi connectivity index (χ4n) is 8.05. The van der Waals surface area contributed by atoms with Crippen molar-refractivity contribution in [3.63, 3.8) is 0 Å². The van der Waals surface area contributed by atoms with E-state index < -0.39 is 71.2 Å². The zero-order valence-corrected chi connectivity index (χ0v) is 42.4. The van der Waals surface area contributed by atoms with Crippen LogP contribution in [-0.4, -0.2) is 96.0 Å². The predicted octanol–water partition coefficient (Wildman–Crippen LogP) is 12.1. The van der Waals surface area contributed by atoms with Crippen LogP contribution >= 0.6 is 0 Å². The minimum atomic E-state index is -4.61. The van der Waals surface area contributed by atoms with E-state index in [-0.39, 0.29) is 19.4 Å². The zero-order valence-electron chi connectivity index (χ0n) is 41.6. The Balaban J connectivity index is 2.38. The van der Waals surface area contributed by atoms with Gasteiger partial charge in [-0.15, -0.1) is 0 Å². The molecule has 0 bridgehead atoms. The third-order valence-electron chi connectivity index (χ3n) is 12.2. The molecule has 2 unspecified atom stereocenters. The van der Waals surface area contributed by atoms with Gasteiger partial charge in [-0.1, -0.05) is 185 Å².